The molecule has 0 radical (unpaired) electrons. The maximum atomic E-state index is 12.5. The van der Waals surface area contributed by atoms with Crippen molar-refractivity contribution in [2.75, 3.05) is 6.26 Å². The van der Waals surface area contributed by atoms with Gasteiger partial charge in [-0.1, -0.05) is 18.2 Å². The highest BCUT2D eigenvalue weighted by molar-refractivity contribution is 7.83. The van der Waals surface area contributed by atoms with Crippen LogP contribution in [0.2, 0.25) is 0 Å². The van der Waals surface area contributed by atoms with Crippen LogP contribution in [0.3, 0.4) is 0 Å². The Kier molecular flexibility index (Phi) is 4.63. The van der Waals surface area contributed by atoms with Crippen molar-refractivity contribution in [3.63, 3.8) is 0 Å². The van der Waals surface area contributed by atoms with Crippen molar-refractivity contribution in [2.45, 2.75) is 19.2 Å². The lowest BCUT2D eigenvalue weighted by molar-refractivity contribution is 0.0924. The molecule has 3 aromatic rings. The van der Waals surface area contributed by atoms with Crippen LogP contribution in [-0.2, 0) is 23.1 Å². The molecule has 0 saturated carbocycles. The van der Waals surface area contributed by atoms with E-state index >= 15 is 0 Å². The zero-order chi connectivity index (χ0) is 16.4. The van der Waals surface area contributed by atoms with Crippen molar-refractivity contribution in [1.29, 1.82) is 0 Å². The lowest BCUT2D eigenvalue weighted by atomic mass is 10.1. The summed E-state index contributed by atoms with van der Waals surface area (Å²) in [7, 11) is -1.05. The van der Waals surface area contributed by atoms with Crippen molar-refractivity contribution in [1.82, 2.24) is 5.32 Å². The highest BCUT2D eigenvalue weighted by Crippen LogP contribution is 2.27. The molecule has 1 amide bonds. The monoisotopic (exact) mass is 347 g/mol. The van der Waals surface area contributed by atoms with Crippen molar-refractivity contribution >= 4 is 39.0 Å². The largest absolute Gasteiger partial charge is 0.451 e. The molecule has 0 aliphatic carbocycles. The summed E-state index contributed by atoms with van der Waals surface area (Å²) in [5.41, 5.74) is 2.52. The molecule has 120 valence electrons. The minimum Gasteiger partial charge on any atom is -0.451 e. The molecule has 0 aliphatic rings. The van der Waals surface area contributed by atoms with Crippen LogP contribution in [0.5, 0.6) is 0 Å². The average Bonchev–Trinajstić information content (AvgIpc) is 3.09. The van der Waals surface area contributed by atoms with E-state index in [0.29, 0.717) is 23.4 Å². The summed E-state index contributed by atoms with van der Waals surface area (Å²) in [6, 6.07) is 9.48. The first-order chi connectivity index (χ1) is 11.1. The average molecular weight is 347 g/mol. The zero-order valence-corrected chi connectivity index (χ0v) is 14.6. The zero-order valence-electron chi connectivity index (χ0n) is 12.9. The highest BCUT2D eigenvalue weighted by atomic mass is 32.2. The molecule has 0 spiro atoms. The van der Waals surface area contributed by atoms with Gasteiger partial charge in [0.1, 0.15) is 5.58 Å². The van der Waals surface area contributed by atoms with E-state index in [2.05, 4.69) is 5.32 Å². The molecule has 1 aromatic carbocycles. The Balaban J connectivity index is 1.90. The summed E-state index contributed by atoms with van der Waals surface area (Å²) >= 11 is 1.61. The van der Waals surface area contributed by atoms with E-state index in [1.807, 2.05) is 42.6 Å². The molecule has 3 rings (SSSR count). The molecular formula is C17H17NO3S2. The number of benzene rings is 1. The number of rotatable bonds is 5. The topological polar surface area (TPSA) is 59.3 Å². The van der Waals surface area contributed by atoms with E-state index < -0.39 is 10.8 Å². The third kappa shape index (κ3) is 3.38. The number of nitrogens with one attached hydrogen (secondary N) is 1. The summed E-state index contributed by atoms with van der Waals surface area (Å²) in [5, 5.41) is 5.75. The molecule has 1 unspecified atom stereocenters. The third-order valence-corrected chi connectivity index (χ3v) is 5.35. The van der Waals surface area contributed by atoms with Crippen LogP contribution in [0.15, 0.2) is 40.1 Å². The van der Waals surface area contributed by atoms with Crippen molar-refractivity contribution in [2.24, 2.45) is 0 Å². The van der Waals surface area contributed by atoms with Gasteiger partial charge in [0.25, 0.3) is 5.91 Å². The second-order valence-electron chi connectivity index (χ2n) is 5.33. The Morgan fingerprint density at radius 3 is 2.78 bits per heavy atom. The van der Waals surface area contributed by atoms with Gasteiger partial charge in [0, 0.05) is 32.9 Å². The fourth-order valence-corrected chi connectivity index (χ4v) is 3.99. The number of fused-ring (bicyclic) bond motifs is 1. The van der Waals surface area contributed by atoms with Crippen LogP contribution < -0.4 is 5.32 Å². The van der Waals surface area contributed by atoms with Crippen molar-refractivity contribution in [3.8, 4) is 0 Å². The molecule has 1 N–H and O–H groups in total. The van der Waals surface area contributed by atoms with E-state index in [-0.39, 0.29) is 11.7 Å². The van der Waals surface area contributed by atoms with Gasteiger partial charge in [0.05, 0.1) is 12.3 Å². The molecule has 23 heavy (non-hydrogen) atoms. The molecule has 2 aromatic heterocycles. The van der Waals surface area contributed by atoms with Gasteiger partial charge in [0.2, 0.25) is 0 Å². The van der Waals surface area contributed by atoms with Gasteiger partial charge in [-0.05, 0) is 30.0 Å². The van der Waals surface area contributed by atoms with Crippen LogP contribution in [0, 0.1) is 6.92 Å². The van der Waals surface area contributed by atoms with Crippen molar-refractivity contribution in [3.05, 3.63) is 57.5 Å². The van der Waals surface area contributed by atoms with Gasteiger partial charge < -0.3 is 9.73 Å². The molecular weight excluding hydrogens is 330 g/mol. The van der Waals surface area contributed by atoms with Crippen LogP contribution in [0.1, 0.15) is 26.6 Å². The Morgan fingerprint density at radius 2 is 2.09 bits per heavy atom. The lowest BCUT2D eigenvalue weighted by Crippen LogP contribution is -2.23. The molecule has 4 nitrogen and oxygen atoms in total. The molecule has 0 saturated heterocycles. The first-order valence-electron chi connectivity index (χ1n) is 7.18. The van der Waals surface area contributed by atoms with Gasteiger partial charge in [-0.2, -0.15) is 0 Å². The number of hydrogen-bond acceptors (Lipinski definition) is 4. The second-order valence-corrected chi connectivity index (χ2v) is 7.77. The Morgan fingerprint density at radius 1 is 1.30 bits per heavy atom. The van der Waals surface area contributed by atoms with Gasteiger partial charge >= 0.3 is 0 Å². The van der Waals surface area contributed by atoms with Gasteiger partial charge in [-0.3, -0.25) is 9.00 Å². The first kappa shape index (κ1) is 16.0. The SMILES string of the molecule is Cc1ccsc1CNC(=O)c1oc2ccccc2c1CS(C)=O. The fraction of sp³-hybridized carbons (Fsp3) is 0.235. The van der Waals surface area contributed by atoms with E-state index in [4.69, 9.17) is 4.42 Å². The number of para-hydroxylation sites is 1. The highest BCUT2D eigenvalue weighted by Gasteiger charge is 2.21. The second kappa shape index (κ2) is 6.68. The Hall–Kier alpha value is -1.92. The number of furan rings is 1. The molecule has 0 fully saturated rings. The minimum atomic E-state index is -1.05. The number of aryl methyl sites for hydroxylation is 1. The number of carbonyl (C=O) groups is 1. The predicted molar refractivity (Wildman–Crippen MR) is 94.2 cm³/mol. The molecule has 6 heteroatoms. The Bertz CT molecular complexity index is 879. The van der Waals surface area contributed by atoms with Gasteiger partial charge in [0.15, 0.2) is 5.76 Å². The Labute approximate surface area is 141 Å². The van der Waals surface area contributed by atoms with Gasteiger partial charge in [-0.25, -0.2) is 0 Å². The summed E-state index contributed by atoms with van der Waals surface area (Å²) in [4.78, 5) is 13.6. The summed E-state index contributed by atoms with van der Waals surface area (Å²) < 4.78 is 17.4. The maximum Gasteiger partial charge on any atom is 0.287 e. The lowest BCUT2D eigenvalue weighted by Gasteiger charge is -2.04. The normalized spacial score (nSPS) is 12.4. The van der Waals surface area contributed by atoms with Crippen molar-refractivity contribution < 1.29 is 13.4 Å². The first-order valence-corrected chi connectivity index (χ1v) is 9.78. The van der Waals surface area contributed by atoms with Crippen LogP contribution >= 0.6 is 11.3 Å². The summed E-state index contributed by atoms with van der Waals surface area (Å²) in [6.07, 6.45) is 1.62. The maximum absolute atomic E-state index is 12.5. The third-order valence-electron chi connectivity index (χ3n) is 3.63. The summed E-state index contributed by atoms with van der Waals surface area (Å²) in [5.74, 6) is 0.294. The standard InChI is InChI=1S/C17H17NO3S2/c1-11-7-8-22-15(11)9-18-17(19)16-13(10-23(2)20)12-5-3-4-6-14(12)21-16/h3-8H,9-10H2,1-2H3,(H,18,19). The minimum absolute atomic E-state index is 0.260. The molecule has 0 bridgehead atoms. The predicted octanol–water partition coefficient (Wildman–Crippen LogP) is 3.61. The van der Waals surface area contributed by atoms with E-state index in [1.54, 1.807) is 17.6 Å². The van der Waals surface area contributed by atoms with E-state index in [1.165, 1.54) is 0 Å². The van der Waals surface area contributed by atoms with Crippen LogP contribution in [0.4, 0.5) is 0 Å². The van der Waals surface area contributed by atoms with Gasteiger partial charge in [-0.15, -0.1) is 11.3 Å². The molecule has 0 aliphatic heterocycles. The fourth-order valence-electron chi connectivity index (χ4n) is 2.45. The van der Waals surface area contributed by atoms with E-state index in [9.17, 15) is 9.00 Å². The quantitative estimate of drug-likeness (QED) is 0.767. The molecule has 2 heterocycles. The number of hydrogen-bond donors (Lipinski definition) is 1. The van der Waals surface area contributed by atoms with Crippen LogP contribution in [0.25, 0.3) is 11.0 Å². The number of amides is 1. The number of thiophene rings is 1. The smallest absolute Gasteiger partial charge is 0.287 e. The van der Waals surface area contributed by atoms with E-state index in [0.717, 1.165) is 15.8 Å². The summed E-state index contributed by atoms with van der Waals surface area (Å²) in [6.45, 7) is 2.48. The molecule has 1 atom stereocenters. The van der Waals surface area contributed by atoms with Crippen LogP contribution in [-0.4, -0.2) is 16.4 Å². The number of carbonyl (C=O) groups excluding carboxylic acids is 1.